The molecule has 0 aliphatic rings. The lowest BCUT2D eigenvalue weighted by molar-refractivity contribution is 0.0522. The summed E-state index contributed by atoms with van der Waals surface area (Å²) in [5, 5.41) is 2.98. The summed E-state index contributed by atoms with van der Waals surface area (Å²) in [6, 6.07) is 15.7. The lowest BCUT2D eigenvalue weighted by Gasteiger charge is -2.16. The Balaban J connectivity index is 2.08. The summed E-state index contributed by atoms with van der Waals surface area (Å²) in [5.74, 6) is 0.262. The fourth-order valence-electron chi connectivity index (χ4n) is 2.91. The van der Waals surface area contributed by atoms with Crippen LogP contribution in [0.1, 0.15) is 37.0 Å². The number of hydrogen-bond acceptors (Lipinski definition) is 6. The van der Waals surface area contributed by atoms with Gasteiger partial charge in [-0.15, -0.1) is 11.3 Å². The number of rotatable bonds is 10. The monoisotopic (exact) mass is 459 g/mol. The van der Waals surface area contributed by atoms with E-state index in [9.17, 15) is 9.35 Å². The van der Waals surface area contributed by atoms with Crippen molar-refractivity contribution < 1.29 is 14.1 Å². The molecule has 4 nitrogen and oxygen atoms in total. The van der Waals surface area contributed by atoms with Crippen LogP contribution in [0.25, 0.3) is 21.7 Å². The minimum Gasteiger partial charge on any atom is -0.616 e. The number of pyridine rings is 1. The highest BCUT2D eigenvalue weighted by Gasteiger charge is 2.24. The van der Waals surface area contributed by atoms with Crippen LogP contribution in [0.15, 0.2) is 58.9 Å². The number of nitrogens with zero attached hydrogens (tertiary/aromatic N) is 1. The molecule has 1 unspecified atom stereocenters. The molecule has 2 heterocycles. The Kier molecular flexibility index (Phi) is 8.81. The van der Waals surface area contributed by atoms with Crippen LogP contribution in [0.3, 0.4) is 0 Å². The van der Waals surface area contributed by atoms with Gasteiger partial charge in [0.05, 0.1) is 22.7 Å². The first-order valence-corrected chi connectivity index (χ1v) is 13.3. The number of benzene rings is 1. The van der Waals surface area contributed by atoms with Crippen LogP contribution in [0.5, 0.6) is 0 Å². The van der Waals surface area contributed by atoms with Crippen LogP contribution in [-0.4, -0.2) is 33.0 Å². The number of thiophene rings is 1. The molecule has 0 aliphatic carbocycles. The van der Waals surface area contributed by atoms with Gasteiger partial charge >= 0.3 is 5.97 Å². The quantitative estimate of drug-likeness (QED) is 0.204. The van der Waals surface area contributed by atoms with Crippen molar-refractivity contribution in [1.82, 2.24) is 4.98 Å². The van der Waals surface area contributed by atoms with E-state index in [-0.39, 0.29) is 6.61 Å². The van der Waals surface area contributed by atoms with Crippen molar-refractivity contribution in [1.29, 1.82) is 0 Å². The zero-order valence-corrected chi connectivity index (χ0v) is 19.6. The second kappa shape index (κ2) is 11.6. The standard InChI is InChI=1S/C23H25NO3S3/c1-3-5-14-30(26)16-29-22-21(23(25)27-4-2)18(17-10-7-6-8-11-17)15-19(24-22)20-12-9-13-28-20/h6-13,15H,3-5,14,16H2,1-2H3. The molecular formula is C23H25NO3S3. The van der Waals surface area contributed by atoms with E-state index >= 15 is 0 Å². The molecule has 0 radical (unpaired) electrons. The Morgan fingerprint density at radius 3 is 2.67 bits per heavy atom. The largest absolute Gasteiger partial charge is 0.616 e. The van der Waals surface area contributed by atoms with Gasteiger partial charge in [0.25, 0.3) is 0 Å². The fourth-order valence-corrected chi connectivity index (χ4v) is 6.15. The Labute approximate surface area is 189 Å². The van der Waals surface area contributed by atoms with E-state index in [1.807, 2.05) is 53.9 Å². The Bertz CT molecular complexity index is 946. The third-order valence-corrected chi connectivity index (χ3v) is 8.11. The Morgan fingerprint density at radius 2 is 2.00 bits per heavy atom. The van der Waals surface area contributed by atoms with E-state index in [0.717, 1.165) is 34.5 Å². The fraction of sp³-hybridized carbons (Fsp3) is 0.304. The first-order chi connectivity index (χ1) is 14.6. The predicted molar refractivity (Wildman–Crippen MR) is 128 cm³/mol. The molecule has 0 spiro atoms. The van der Waals surface area contributed by atoms with E-state index < -0.39 is 17.1 Å². The molecule has 0 amide bonds. The maximum atomic E-state index is 12.9. The number of esters is 1. The molecule has 2 aromatic heterocycles. The van der Waals surface area contributed by atoms with E-state index in [0.29, 0.717) is 21.4 Å². The highest BCUT2D eigenvalue weighted by atomic mass is 32.3. The summed E-state index contributed by atoms with van der Waals surface area (Å²) >= 11 is 2.01. The van der Waals surface area contributed by atoms with Gasteiger partial charge in [-0.25, -0.2) is 9.78 Å². The highest BCUT2D eigenvalue weighted by molar-refractivity contribution is 8.12. The van der Waals surface area contributed by atoms with Gasteiger partial charge in [-0.1, -0.05) is 61.5 Å². The minimum absolute atomic E-state index is 0.284. The molecule has 0 aliphatic heterocycles. The summed E-state index contributed by atoms with van der Waals surface area (Å²) < 4.78 is 17.8. The SMILES string of the molecule is CCCC[S+]([O-])CSc1nc(-c2cccs2)cc(-c2ccccc2)c1C(=O)OCC. The molecule has 30 heavy (non-hydrogen) atoms. The number of thioether (sulfide) groups is 1. The number of unbranched alkanes of at least 4 members (excludes halogenated alkanes) is 1. The molecule has 0 bridgehead atoms. The normalized spacial score (nSPS) is 12.0. The molecule has 0 saturated heterocycles. The second-order valence-corrected chi connectivity index (χ2v) is 10.4. The number of hydrogen-bond donors (Lipinski definition) is 0. The smallest absolute Gasteiger partial charge is 0.341 e. The van der Waals surface area contributed by atoms with Gasteiger partial charge in [-0.05, 0) is 47.6 Å². The first-order valence-electron chi connectivity index (χ1n) is 9.93. The van der Waals surface area contributed by atoms with Gasteiger partial charge in [0.1, 0.15) is 10.8 Å². The van der Waals surface area contributed by atoms with Crippen LogP contribution in [0, 0.1) is 0 Å². The van der Waals surface area contributed by atoms with E-state index in [4.69, 9.17) is 9.72 Å². The lowest BCUT2D eigenvalue weighted by Crippen LogP contribution is -2.13. The van der Waals surface area contributed by atoms with Crippen LogP contribution in [0.4, 0.5) is 0 Å². The summed E-state index contributed by atoms with van der Waals surface area (Å²) in [5.41, 5.74) is 2.96. The lowest BCUT2D eigenvalue weighted by atomic mass is 10.00. The number of carbonyl (C=O) groups excluding carboxylic acids is 1. The van der Waals surface area contributed by atoms with Gasteiger partial charge in [-0.3, -0.25) is 0 Å². The molecule has 3 aromatic rings. The third-order valence-electron chi connectivity index (χ3n) is 4.38. The Morgan fingerprint density at radius 1 is 1.20 bits per heavy atom. The number of aromatic nitrogens is 1. The molecule has 0 N–H and O–H groups in total. The average Bonchev–Trinajstić information content (AvgIpc) is 3.31. The molecule has 0 fully saturated rings. The predicted octanol–water partition coefficient (Wildman–Crippen LogP) is 6.25. The molecule has 3 rings (SSSR count). The van der Waals surface area contributed by atoms with E-state index in [2.05, 4.69) is 6.92 Å². The number of carbonyl (C=O) groups is 1. The van der Waals surface area contributed by atoms with Crippen molar-refractivity contribution in [3.8, 4) is 21.7 Å². The third kappa shape index (κ3) is 5.88. The van der Waals surface area contributed by atoms with Gasteiger partial charge in [0.15, 0.2) is 5.08 Å². The summed E-state index contributed by atoms with van der Waals surface area (Å²) in [6.45, 7) is 4.16. The van der Waals surface area contributed by atoms with E-state index in [1.54, 1.807) is 18.3 Å². The van der Waals surface area contributed by atoms with Crippen LogP contribution in [-0.2, 0) is 15.9 Å². The minimum atomic E-state index is -0.967. The van der Waals surface area contributed by atoms with Gasteiger partial charge in [0.2, 0.25) is 0 Å². The molecule has 7 heteroatoms. The highest BCUT2D eigenvalue weighted by Crippen LogP contribution is 2.36. The summed E-state index contributed by atoms with van der Waals surface area (Å²) in [6.07, 6.45) is 1.94. The molecular weight excluding hydrogens is 434 g/mol. The number of ether oxygens (including phenoxy) is 1. The van der Waals surface area contributed by atoms with Gasteiger partial charge in [-0.2, -0.15) is 0 Å². The van der Waals surface area contributed by atoms with Crippen molar-refractivity contribution in [2.75, 3.05) is 17.4 Å². The van der Waals surface area contributed by atoms with Gasteiger partial charge < -0.3 is 9.29 Å². The zero-order chi connectivity index (χ0) is 21.3. The van der Waals surface area contributed by atoms with E-state index in [1.165, 1.54) is 11.8 Å². The zero-order valence-electron chi connectivity index (χ0n) is 17.1. The maximum Gasteiger partial charge on any atom is 0.341 e. The molecule has 158 valence electrons. The van der Waals surface area contributed by atoms with Crippen molar-refractivity contribution >= 4 is 40.2 Å². The van der Waals surface area contributed by atoms with Crippen molar-refractivity contribution in [3.05, 3.63) is 59.5 Å². The topological polar surface area (TPSA) is 62.2 Å². The molecule has 1 atom stereocenters. The van der Waals surface area contributed by atoms with Crippen molar-refractivity contribution in [2.45, 2.75) is 31.7 Å². The molecule has 0 saturated carbocycles. The van der Waals surface area contributed by atoms with Crippen LogP contribution >= 0.6 is 23.1 Å². The molecule has 1 aromatic carbocycles. The van der Waals surface area contributed by atoms with Crippen LogP contribution < -0.4 is 0 Å². The maximum absolute atomic E-state index is 12.9. The van der Waals surface area contributed by atoms with Crippen molar-refractivity contribution in [2.24, 2.45) is 0 Å². The van der Waals surface area contributed by atoms with Crippen LogP contribution in [0.2, 0.25) is 0 Å². The summed E-state index contributed by atoms with van der Waals surface area (Å²) in [4.78, 5) is 18.7. The summed E-state index contributed by atoms with van der Waals surface area (Å²) in [7, 11) is 0. The average molecular weight is 460 g/mol. The first kappa shape index (κ1) is 22.9. The second-order valence-electron chi connectivity index (χ2n) is 6.56. The Hall–Kier alpha value is -1.80. The van der Waals surface area contributed by atoms with Gasteiger partial charge in [0, 0.05) is 5.56 Å². The van der Waals surface area contributed by atoms with Crippen molar-refractivity contribution in [3.63, 3.8) is 0 Å².